The maximum Gasteiger partial charge on any atom is 0.310 e. The van der Waals surface area contributed by atoms with Crippen molar-refractivity contribution in [3.8, 4) is 0 Å². The third-order valence-electron chi connectivity index (χ3n) is 1.41. The number of esters is 1. The highest BCUT2D eigenvalue weighted by Crippen LogP contribution is 2.13. The van der Waals surface area contributed by atoms with Gasteiger partial charge in [-0.3, -0.25) is 4.79 Å². The molecule has 0 spiro atoms. The molecule has 0 unspecified atom stereocenters. The third kappa shape index (κ3) is 5.74. The minimum atomic E-state index is -0.352. The average molecular weight is 227 g/mol. The van der Waals surface area contributed by atoms with Crippen LogP contribution in [0.3, 0.4) is 0 Å². The second-order valence-corrected chi connectivity index (χ2v) is 3.94. The highest BCUT2D eigenvalue weighted by Gasteiger charge is 2.21. The molecule has 0 aliphatic rings. The summed E-state index contributed by atoms with van der Waals surface area (Å²) in [4.78, 5) is 21.1. The van der Waals surface area contributed by atoms with Gasteiger partial charge in [0, 0.05) is 0 Å². The summed E-state index contributed by atoms with van der Waals surface area (Å²) in [6.07, 6.45) is 1.26. The van der Waals surface area contributed by atoms with Crippen LogP contribution in [0.1, 0.15) is 20.8 Å². The number of anilines is 2. The maximum absolute atomic E-state index is 10.6. The predicted molar refractivity (Wildman–Crippen MR) is 60.1 cm³/mol. The number of nitrogens with zero attached hydrogens (tertiary/aromatic N) is 3. The monoisotopic (exact) mass is 227 g/mol. The van der Waals surface area contributed by atoms with Crippen LogP contribution in [-0.2, 0) is 9.53 Å². The van der Waals surface area contributed by atoms with Crippen molar-refractivity contribution in [2.45, 2.75) is 20.8 Å². The van der Waals surface area contributed by atoms with Crippen molar-refractivity contribution in [2.24, 2.45) is 5.41 Å². The summed E-state index contributed by atoms with van der Waals surface area (Å²) in [6, 6.07) is 0. The fourth-order valence-electron chi connectivity index (χ4n) is 0.628. The number of methoxy groups -OCH3 is 1. The molecule has 1 aromatic rings. The Kier molecular flexibility index (Phi) is 5.14. The van der Waals surface area contributed by atoms with Crippen molar-refractivity contribution < 1.29 is 9.53 Å². The highest BCUT2D eigenvalue weighted by molar-refractivity contribution is 5.75. The zero-order chi connectivity index (χ0) is 12.8. The van der Waals surface area contributed by atoms with Gasteiger partial charge in [0.25, 0.3) is 0 Å². The molecule has 0 atom stereocenters. The van der Waals surface area contributed by atoms with E-state index in [0.29, 0.717) is 0 Å². The van der Waals surface area contributed by atoms with E-state index in [1.165, 1.54) is 13.4 Å². The van der Waals surface area contributed by atoms with Crippen LogP contribution < -0.4 is 11.5 Å². The van der Waals surface area contributed by atoms with Gasteiger partial charge < -0.3 is 16.2 Å². The molecule has 0 radical (unpaired) electrons. The van der Waals surface area contributed by atoms with Gasteiger partial charge in [0.15, 0.2) is 0 Å². The quantitative estimate of drug-likeness (QED) is 0.609. The first-order valence-corrected chi connectivity index (χ1v) is 4.55. The Morgan fingerprint density at radius 3 is 1.81 bits per heavy atom. The third-order valence-corrected chi connectivity index (χ3v) is 1.41. The number of carbonyl (C=O) groups is 1. The number of aromatic nitrogens is 3. The first-order chi connectivity index (χ1) is 7.27. The molecule has 16 heavy (non-hydrogen) atoms. The summed E-state index contributed by atoms with van der Waals surface area (Å²) in [5, 5.41) is 0. The van der Waals surface area contributed by atoms with Gasteiger partial charge in [-0.2, -0.15) is 4.98 Å². The summed E-state index contributed by atoms with van der Waals surface area (Å²) < 4.78 is 4.48. The van der Waals surface area contributed by atoms with Gasteiger partial charge in [0.2, 0.25) is 11.9 Å². The van der Waals surface area contributed by atoms with Gasteiger partial charge in [-0.25, -0.2) is 9.97 Å². The molecule has 0 saturated carbocycles. The smallest absolute Gasteiger partial charge is 0.310 e. The molecule has 1 heterocycles. The molecule has 0 saturated heterocycles. The molecule has 0 aliphatic carbocycles. The number of nitrogens with two attached hydrogens (primary N) is 2. The Morgan fingerprint density at radius 2 is 1.69 bits per heavy atom. The molecule has 0 amide bonds. The number of hydrogen-bond acceptors (Lipinski definition) is 7. The van der Waals surface area contributed by atoms with E-state index in [2.05, 4.69) is 19.7 Å². The summed E-state index contributed by atoms with van der Waals surface area (Å²) in [7, 11) is 1.40. The minimum Gasteiger partial charge on any atom is -0.469 e. The number of hydrogen-bond donors (Lipinski definition) is 2. The standard InChI is InChI=1S/C6H12O2.C3H5N5/c1-6(2,3)5(7)8-4;4-2-6-1-7-3(5)8-2/h1-4H3;1H,(H4,4,5,6,7,8). The van der Waals surface area contributed by atoms with Gasteiger partial charge >= 0.3 is 5.97 Å². The van der Waals surface area contributed by atoms with E-state index in [1.54, 1.807) is 0 Å². The SMILES string of the molecule is COC(=O)C(C)(C)C.Nc1ncnc(N)n1. The van der Waals surface area contributed by atoms with Gasteiger partial charge in [-0.15, -0.1) is 0 Å². The lowest BCUT2D eigenvalue weighted by Gasteiger charge is -2.13. The highest BCUT2D eigenvalue weighted by atomic mass is 16.5. The van der Waals surface area contributed by atoms with Crippen LogP contribution in [0.15, 0.2) is 6.33 Å². The Balaban J connectivity index is 0.000000281. The van der Waals surface area contributed by atoms with Crippen LogP contribution in [0.5, 0.6) is 0 Å². The van der Waals surface area contributed by atoms with Crippen LogP contribution in [0.4, 0.5) is 11.9 Å². The van der Waals surface area contributed by atoms with Gasteiger partial charge in [-0.05, 0) is 20.8 Å². The lowest BCUT2D eigenvalue weighted by atomic mass is 9.98. The normalized spacial score (nSPS) is 10.0. The van der Waals surface area contributed by atoms with Gasteiger partial charge in [-0.1, -0.05) is 0 Å². The van der Waals surface area contributed by atoms with Crippen molar-refractivity contribution >= 4 is 17.9 Å². The van der Waals surface area contributed by atoms with Crippen LogP contribution in [0.25, 0.3) is 0 Å². The van der Waals surface area contributed by atoms with Gasteiger partial charge in [0.1, 0.15) is 6.33 Å². The summed E-state index contributed by atoms with van der Waals surface area (Å²) in [5.41, 5.74) is 9.88. The van der Waals surface area contributed by atoms with Crippen LogP contribution in [0, 0.1) is 5.41 Å². The van der Waals surface area contributed by atoms with E-state index in [1.807, 2.05) is 20.8 Å². The van der Waals surface area contributed by atoms with Crippen molar-refractivity contribution in [3.05, 3.63) is 6.33 Å². The largest absolute Gasteiger partial charge is 0.469 e. The van der Waals surface area contributed by atoms with Crippen LogP contribution in [-0.4, -0.2) is 28.0 Å². The maximum atomic E-state index is 10.6. The predicted octanol–water partition coefficient (Wildman–Crippen LogP) is 0.241. The fourth-order valence-corrected chi connectivity index (χ4v) is 0.628. The van der Waals surface area contributed by atoms with Crippen LogP contribution >= 0.6 is 0 Å². The zero-order valence-electron chi connectivity index (χ0n) is 9.89. The lowest BCUT2D eigenvalue weighted by molar-refractivity contribution is -0.149. The molecule has 7 nitrogen and oxygen atoms in total. The molecule has 0 fully saturated rings. The second kappa shape index (κ2) is 5.84. The molecule has 4 N–H and O–H groups in total. The molecule has 0 bridgehead atoms. The average Bonchev–Trinajstić information content (AvgIpc) is 2.15. The molecule has 1 aromatic heterocycles. The van der Waals surface area contributed by atoms with E-state index in [-0.39, 0.29) is 23.3 Å². The molecule has 7 heteroatoms. The Hall–Kier alpha value is -1.92. The summed E-state index contributed by atoms with van der Waals surface area (Å²) in [6.45, 7) is 5.45. The fraction of sp³-hybridized carbons (Fsp3) is 0.556. The molecule has 1 rings (SSSR count). The van der Waals surface area contributed by atoms with Crippen molar-refractivity contribution in [1.82, 2.24) is 15.0 Å². The topological polar surface area (TPSA) is 117 Å². The molecule has 0 aliphatic heterocycles. The zero-order valence-corrected chi connectivity index (χ0v) is 9.89. The van der Waals surface area contributed by atoms with Gasteiger partial charge in [0.05, 0.1) is 12.5 Å². The van der Waals surface area contributed by atoms with Crippen molar-refractivity contribution in [3.63, 3.8) is 0 Å². The van der Waals surface area contributed by atoms with E-state index in [4.69, 9.17) is 11.5 Å². The number of ether oxygens (including phenoxy) is 1. The summed E-state index contributed by atoms with van der Waals surface area (Å²) in [5.74, 6) is 0.132. The van der Waals surface area contributed by atoms with E-state index in [9.17, 15) is 4.79 Å². The van der Waals surface area contributed by atoms with E-state index in [0.717, 1.165) is 0 Å². The summed E-state index contributed by atoms with van der Waals surface area (Å²) >= 11 is 0. The number of carbonyl (C=O) groups excluding carboxylic acids is 1. The minimum absolute atomic E-state index is 0.150. The Morgan fingerprint density at radius 1 is 1.25 bits per heavy atom. The molecular weight excluding hydrogens is 210 g/mol. The number of nitrogen functional groups attached to an aromatic ring is 2. The van der Waals surface area contributed by atoms with Crippen molar-refractivity contribution in [1.29, 1.82) is 0 Å². The van der Waals surface area contributed by atoms with E-state index >= 15 is 0 Å². The molecule has 90 valence electrons. The van der Waals surface area contributed by atoms with Crippen molar-refractivity contribution in [2.75, 3.05) is 18.6 Å². The second-order valence-electron chi connectivity index (χ2n) is 3.94. The Labute approximate surface area is 94.2 Å². The Bertz CT molecular complexity index is 331. The van der Waals surface area contributed by atoms with E-state index < -0.39 is 0 Å². The molecule has 0 aromatic carbocycles. The first kappa shape index (κ1) is 14.1. The molecular formula is C9H17N5O2. The van der Waals surface area contributed by atoms with Crippen LogP contribution in [0.2, 0.25) is 0 Å². The first-order valence-electron chi connectivity index (χ1n) is 4.55. The number of rotatable bonds is 0. The lowest BCUT2D eigenvalue weighted by Crippen LogP contribution is -2.21.